The van der Waals surface area contributed by atoms with Crippen molar-refractivity contribution in [2.75, 3.05) is 0 Å². The summed E-state index contributed by atoms with van der Waals surface area (Å²) in [6.07, 6.45) is -2.50. The lowest BCUT2D eigenvalue weighted by Crippen LogP contribution is -2.38. The van der Waals surface area contributed by atoms with Crippen LogP contribution >= 0.6 is 11.6 Å². The Morgan fingerprint density at radius 1 is 1.30 bits per heavy atom. The first-order valence-electron chi connectivity index (χ1n) is 6.64. The van der Waals surface area contributed by atoms with Crippen molar-refractivity contribution in [3.63, 3.8) is 0 Å². The van der Waals surface area contributed by atoms with Crippen LogP contribution in [0.1, 0.15) is 31.2 Å². The Hall–Kier alpha value is -0.940. The van der Waals surface area contributed by atoms with E-state index in [1.54, 1.807) is 12.1 Å². The van der Waals surface area contributed by atoms with E-state index in [0.717, 1.165) is 6.42 Å². The molecule has 112 valence electrons. The van der Waals surface area contributed by atoms with Gasteiger partial charge in [-0.3, -0.25) is 0 Å². The molecule has 1 saturated carbocycles. The molecule has 0 aliphatic heterocycles. The van der Waals surface area contributed by atoms with E-state index in [-0.39, 0.29) is 24.6 Å². The van der Waals surface area contributed by atoms with Crippen molar-refractivity contribution in [2.45, 2.75) is 44.4 Å². The molecule has 2 nitrogen and oxygen atoms in total. The SMILES string of the molecule is Oc1ccc(Cl)cc1CNC1CCCC(C(F)(F)F)C1. The van der Waals surface area contributed by atoms with Crippen LogP contribution in [0.4, 0.5) is 13.2 Å². The average Bonchev–Trinajstić information content (AvgIpc) is 2.39. The van der Waals surface area contributed by atoms with E-state index in [2.05, 4.69) is 5.32 Å². The van der Waals surface area contributed by atoms with Gasteiger partial charge in [0.25, 0.3) is 0 Å². The highest BCUT2D eigenvalue weighted by Crippen LogP contribution is 2.37. The Morgan fingerprint density at radius 2 is 2.05 bits per heavy atom. The summed E-state index contributed by atoms with van der Waals surface area (Å²) in [6.45, 7) is 0.321. The summed E-state index contributed by atoms with van der Waals surface area (Å²) >= 11 is 5.83. The van der Waals surface area contributed by atoms with Gasteiger partial charge in [-0.05, 0) is 37.5 Å². The van der Waals surface area contributed by atoms with Gasteiger partial charge in [0, 0.05) is 23.2 Å². The van der Waals surface area contributed by atoms with Crippen LogP contribution in [-0.4, -0.2) is 17.3 Å². The quantitative estimate of drug-likeness (QED) is 0.874. The fraction of sp³-hybridized carbons (Fsp3) is 0.571. The number of halogens is 4. The summed E-state index contributed by atoms with van der Waals surface area (Å²) in [5.74, 6) is -1.12. The van der Waals surface area contributed by atoms with Crippen LogP contribution in [0.25, 0.3) is 0 Å². The van der Waals surface area contributed by atoms with E-state index in [1.807, 2.05) is 0 Å². The summed E-state index contributed by atoms with van der Waals surface area (Å²) in [5.41, 5.74) is 0.603. The Morgan fingerprint density at radius 3 is 2.75 bits per heavy atom. The number of phenols is 1. The number of hydrogen-bond donors (Lipinski definition) is 2. The lowest BCUT2D eigenvalue weighted by atomic mass is 9.85. The fourth-order valence-electron chi connectivity index (χ4n) is 2.62. The summed E-state index contributed by atoms with van der Waals surface area (Å²) in [7, 11) is 0. The van der Waals surface area contributed by atoms with E-state index in [4.69, 9.17) is 11.6 Å². The van der Waals surface area contributed by atoms with Gasteiger partial charge in [0.15, 0.2) is 0 Å². The van der Waals surface area contributed by atoms with Gasteiger partial charge >= 0.3 is 6.18 Å². The van der Waals surface area contributed by atoms with E-state index in [9.17, 15) is 18.3 Å². The number of hydrogen-bond acceptors (Lipinski definition) is 2. The third kappa shape index (κ3) is 4.03. The maximum absolute atomic E-state index is 12.7. The minimum absolute atomic E-state index is 0.102. The zero-order valence-electron chi connectivity index (χ0n) is 10.9. The molecule has 1 aromatic carbocycles. The summed E-state index contributed by atoms with van der Waals surface area (Å²) in [5, 5.41) is 13.3. The molecule has 1 aromatic rings. The van der Waals surface area contributed by atoms with Gasteiger partial charge in [-0.25, -0.2) is 0 Å². The van der Waals surface area contributed by atoms with Crippen LogP contribution in [0.3, 0.4) is 0 Å². The average molecular weight is 308 g/mol. The van der Waals surface area contributed by atoms with Crippen molar-refractivity contribution in [3.8, 4) is 5.75 Å². The van der Waals surface area contributed by atoms with Crippen molar-refractivity contribution in [2.24, 2.45) is 5.92 Å². The summed E-state index contributed by atoms with van der Waals surface area (Å²) in [6, 6.07) is 4.50. The standard InChI is InChI=1S/C14H17ClF3NO/c15-11-4-5-13(20)9(6-11)8-19-12-3-1-2-10(7-12)14(16,17)18/h4-6,10,12,19-20H,1-3,7-8H2. The van der Waals surface area contributed by atoms with Crippen LogP contribution in [0.5, 0.6) is 5.75 Å². The Bertz CT molecular complexity index is 464. The molecule has 1 aliphatic carbocycles. The second kappa shape index (κ2) is 6.22. The highest BCUT2D eigenvalue weighted by Gasteiger charge is 2.41. The van der Waals surface area contributed by atoms with Gasteiger partial charge in [-0.15, -0.1) is 0 Å². The molecule has 0 aromatic heterocycles. The predicted molar refractivity (Wildman–Crippen MR) is 71.8 cm³/mol. The molecule has 0 heterocycles. The van der Waals surface area contributed by atoms with Crippen LogP contribution in [0, 0.1) is 5.92 Å². The van der Waals surface area contributed by atoms with E-state index < -0.39 is 12.1 Å². The maximum atomic E-state index is 12.7. The van der Waals surface area contributed by atoms with Crippen molar-refractivity contribution in [3.05, 3.63) is 28.8 Å². The topological polar surface area (TPSA) is 32.3 Å². The van der Waals surface area contributed by atoms with Gasteiger partial charge in [0.1, 0.15) is 5.75 Å². The van der Waals surface area contributed by atoms with Gasteiger partial charge in [-0.2, -0.15) is 13.2 Å². The minimum Gasteiger partial charge on any atom is -0.508 e. The molecule has 0 radical (unpaired) electrons. The van der Waals surface area contributed by atoms with Gasteiger partial charge < -0.3 is 10.4 Å². The first-order valence-corrected chi connectivity index (χ1v) is 7.01. The molecule has 0 amide bonds. The third-order valence-electron chi connectivity index (χ3n) is 3.76. The molecule has 0 saturated heterocycles. The summed E-state index contributed by atoms with van der Waals surface area (Å²) < 4.78 is 38.1. The van der Waals surface area contributed by atoms with Crippen LogP contribution < -0.4 is 5.32 Å². The third-order valence-corrected chi connectivity index (χ3v) is 3.99. The molecule has 20 heavy (non-hydrogen) atoms. The molecular formula is C14H17ClF3NO. The van der Waals surface area contributed by atoms with Crippen molar-refractivity contribution < 1.29 is 18.3 Å². The molecule has 1 fully saturated rings. The monoisotopic (exact) mass is 307 g/mol. The van der Waals surface area contributed by atoms with Gasteiger partial charge in [0.2, 0.25) is 0 Å². The Balaban J connectivity index is 1.92. The highest BCUT2D eigenvalue weighted by molar-refractivity contribution is 6.30. The molecule has 2 N–H and O–H groups in total. The normalized spacial score (nSPS) is 23.8. The van der Waals surface area contributed by atoms with Crippen molar-refractivity contribution >= 4 is 11.6 Å². The molecule has 2 rings (SSSR count). The largest absolute Gasteiger partial charge is 0.508 e. The lowest BCUT2D eigenvalue weighted by molar-refractivity contribution is -0.183. The number of aromatic hydroxyl groups is 1. The Labute approximate surface area is 120 Å². The fourth-order valence-corrected chi connectivity index (χ4v) is 2.82. The number of phenolic OH excluding ortho intramolecular Hbond substituents is 1. The van der Waals surface area contributed by atoms with E-state index in [1.165, 1.54) is 6.07 Å². The first-order chi connectivity index (χ1) is 9.36. The zero-order valence-corrected chi connectivity index (χ0v) is 11.6. The van der Waals surface area contributed by atoms with Crippen molar-refractivity contribution in [1.29, 1.82) is 0 Å². The lowest BCUT2D eigenvalue weighted by Gasteiger charge is -2.31. The zero-order chi connectivity index (χ0) is 14.8. The highest BCUT2D eigenvalue weighted by atomic mass is 35.5. The Kier molecular flexibility index (Phi) is 4.81. The van der Waals surface area contributed by atoms with E-state index in [0.29, 0.717) is 23.6 Å². The second-order valence-electron chi connectivity index (χ2n) is 5.26. The molecule has 0 spiro atoms. The molecule has 1 aliphatic rings. The van der Waals surface area contributed by atoms with Crippen LogP contribution in [0.15, 0.2) is 18.2 Å². The van der Waals surface area contributed by atoms with Gasteiger partial charge in [-0.1, -0.05) is 18.0 Å². The second-order valence-corrected chi connectivity index (χ2v) is 5.69. The minimum atomic E-state index is -4.11. The predicted octanol–water partition coefficient (Wildman–Crippen LogP) is 4.26. The molecule has 0 bridgehead atoms. The van der Waals surface area contributed by atoms with E-state index >= 15 is 0 Å². The first kappa shape index (κ1) is 15.4. The van der Waals surface area contributed by atoms with Gasteiger partial charge in [0.05, 0.1) is 5.92 Å². The number of nitrogens with one attached hydrogen (secondary N) is 1. The molecular weight excluding hydrogens is 291 g/mol. The number of rotatable bonds is 3. The molecule has 2 unspecified atom stereocenters. The van der Waals surface area contributed by atoms with Crippen LogP contribution in [0.2, 0.25) is 5.02 Å². The van der Waals surface area contributed by atoms with Crippen molar-refractivity contribution in [1.82, 2.24) is 5.32 Å². The maximum Gasteiger partial charge on any atom is 0.391 e. The number of benzene rings is 1. The molecule has 6 heteroatoms. The summed E-state index contributed by atoms with van der Waals surface area (Å²) in [4.78, 5) is 0. The van der Waals surface area contributed by atoms with Crippen LogP contribution in [-0.2, 0) is 6.54 Å². The molecule has 2 atom stereocenters. The smallest absolute Gasteiger partial charge is 0.391 e. The number of alkyl halides is 3.